The first kappa shape index (κ1) is 13.1. The van der Waals surface area contributed by atoms with E-state index in [1.807, 2.05) is 6.07 Å². The summed E-state index contributed by atoms with van der Waals surface area (Å²) in [6.45, 7) is 3.43. The van der Waals surface area contributed by atoms with Crippen LogP contribution in [0.1, 0.15) is 17.0 Å². The first-order valence-corrected chi connectivity index (χ1v) is 6.97. The summed E-state index contributed by atoms with van der Waals surface area (Å²) in [5.74, 6) is 0. The number of aromatic nitrogens is 2. The molecule has 2 N–H and O–H groups in total. The zero-order valence-corrected chi connectivity index (χ0v) is 11.2. The SMILES string of the molecule is Cc1n[nH]c(C)c1NS(=O)(=O)c1cccc(C#N)c1. The van der Waals surface area contributed by atoms with Gasteiger partial charge in [-0.1, -0.05) is 6.07 Å². The van der Waals surface area contributed by atoms with Crippen LogP contribution in [0.4, 0.5) is 5.69 Å². The number of nitrogens with one attached hydrogen (secondary N) is 2. The van der Waals surface area contributed by atoms with E-state index in [4.69, 9.17) is 5.26 Å². The monoisotopic (exact) mass is 276 g/mol. The average molecular weight is 276 g/mol. The fourth-order valence-electron chi connectivity index (χ4n) is 1.63. The van der Waals surface area contributed by atoms with Crippen molar-refractivity contribution >= 4 is 15.7 Å². The molecular formula is C12H12N4O2S. The van der Waals surface area contributed by atoms with Crippen LogP contribution in [0.5, 0.6) is 0 Å². The minimum atomic E-state index is -3.72. The van der Waals surface area contributed by atoms with Gasteiger partial charge in [-0.05, 0) is 32.0 Å². The van der Waals surface area contributed by atoms with Gasteiger partial charge in [0.15, 0.2) is 0 Å². The Morgan fingerprint density at radius 1 is 1.37 bits per heavy atom. The van der Waals surface area contributed by atoms with Gasteiger partial charge in [0.2, 0.25) is 0 Å². The maximum absolute atomic E-state index is 12.2. The number of hydrogen-bond acceptors (Lipinski definition) is 4. The molecule has 0 bridgehead atoms. The Kier molecular flexibility index (Phi) is 3.27. The number of hydrogen-bond donors (Lipinski definition) is 2. The lowest BCUT2D eigenvalue weighted by Gasteiger charge is -2.08. The summed E-state index contributed by atoms with van der Waals surface area (Å²) in [6, 6.07) is 7.75. The summed E-state index contributed by atoms with van der Waals surface area (Å²) in [6.07, 6.45) is 0. The standard InChI is InChI=1S/C12H12N4O2S/c1-8-12(9(2)15-14-8)16-19(17,18)11-5-3-4-10(6-11)7-13/h3-6,16H,1-2H3,(H,14,15). The minimum Gasteiger partial charge on any atom is -0.280 e. The molecule has 0 aliphatic heterocycles. The first-order valence-electron chi connectivity index (χ1n) is 5.48. The molecule has 0 unspecified atom stereocenters. The van der Waals surface area contributed by atoms with Crippen molar-refractivity contribution < 1.29 is 8.42 Å². The van der Waals surface area contributed by atoms with Gasteiger partial charge in [0, 0.05) is 0 Å². The number of sulfonamides is 1. The Labute approximate surface area is 111 Å². The van der Waals surface area contributed by atoms with Crippen LogP contribution in [-0.4, -0.2) is 18.6 Å². The molecule has 6 nitrogen and oxygen atoms in total. The smallest absolute Gasteiger partial charge is 0.262 e. The van der Waals surface area contributed by atoms with Crippen molar-refractivity contribution in [3.8, 4) is 6.07 Å². The number of rotatable bonds is 3. The Bertz CT molecular complexity index is 737. The fraction of sp³-hybridized carbons (Fsp3) is 0.167. The Hall–Kier alpha value is -2.33. The number of aryl methyl sites for hydroxylation is 2. The van der Waals surface area contributed by atoms with E-state index < -0.39 is 10.0 Å². The van der Waals surface area contributed by atoms with E-state index in [1.54, 1.807) is 19.9 Å². The van der Waals surface area contributed by atoms with Gasteiger partial charge in [-0.25, -0.2) is 8.42 Å². The van der Waals surface area contributed by atoms with Gasteiger partial charge in [-0.2, -0.15) is 10.4 Å². The van der Waals surface area contributed by atoms with Crippen LogP contribution < -0.4 is 4.72 Å². The maximum Gasteiger partial charge on any atom is 0.262 e. The van der Waals surface area contributed by atoms with E-state index in [9.17, 15) is 8.42 Å². The van der Waals surface area contributed by atoms with E-state index in [0.717, 1.165) is 0 Å². The quantitative estimate of drug-likeness (QED) is 0.891. The lowest BCUT2D eigenvalue weighted by atomic mass is 10.2. The van der Waals surface area contributed by atoms with E-state index in [1.165, 1.54) is 18.2 Å². The Morgan fingerprint density at radius 2 is 2.11 bits per heavy atom. The number of H-pyrrole nitrogens is 1. The third kappa shape index (κ3) is 2.58. The number of aromatic amines is 1. The summed E-state index contributed by atoms with van der Waals surface area (Å²) in [5, 5.41) is 15.4. The van der Waals surface area contributed by atoms with Crippen molar-refractivity contribution in [1.29, 1.82) is 5.26 Å². The molecule has 0 aliphatic carbocycles. The summed E-state index contributed by atoms with van der Waals surface area (Å²) in [4.78, 5) is 0.0477. The molecule has 0 aliphatic rings. The normalized spacial score (nSPS) is 11.0. The lowest BCUT2D eigenvalue weighted by molar-refractivity contribution is 0.601. The van der Waals surface area contributed by atoms with E-state index in [2.05, 4.69) is 14.9 Å². The fourth-order valence-corrected chi connectivity index (χ4v) is 2.85. The van der Waals surface area contributed by atoms with E-state index >= 15 is 0 Å². The van der Waals surface area contributed by atoms with Gasteiger partial charge in [-0.3, -0.25) is 9.82 Å². The van der Waals surface area contributed by atoms with Gasteiger partial charge >= 0.3 is 0 Å². The second-order valence-corrected chi connectivity index (χ2v) is 5.74. The molecule has 1 aromatic heterocycles. The van der Waals surface area contributed by atoms with Gasteiger partial charge in [0.05, 0.1) is 33.6 Å². The molecule has 19 heavy (non-hydrogen) atoms. The molecule has 0 fully saturated rings. The molecule has 1 aromatic carbocycles. The highest BCUT2D eigenvalue weighted by atomic mass is 32.2. The summed E-state index contributed by atoms with van der Waals surface area (Å²) < 4.78 is 26.9. The van der Waals surface area contributed by atoms with Crippen molar-refractivity contribution in [3.05, 3.63) is 41.2 Å². The van der Waals surface area contributed by atoms with E-state index in [0.29, 0.717) is 22.6 Å². The minimum absolute atomic E-state index is 0.0477. The molecule has 0 atom stereocenters. The van der Waals surface area contributed by atoms with Crippen LogP contribution >= 0.6 is 0 Å². The molecule has 1 heterocycles. The van der Waals surface area contributed by atoms with Crippen molar-refractivity contribution in [3.63, 3.8) is 0 Å². The maximum atomic E-state index is 12.2. The first-order chi connectivity index (χ1) is 8.94. The zero-order valence-electron chi connectivity index (χ0n) is 10.4. The molecule has 2 rings (SSSR count). The van der Waals surface area contributed by atoms with Crippen LogP contribution in [0.2, 0.25) is 0 Å². The summed E-state index contributed by atoms with van der Waals surface area (Å²) in [7, 11) is -3.72. The Balaban J connectivity index is 2.41. The Morgan fingerprint density at radius 3 is 2.68 bits per heavy atom. The lowest BCUT2D eigenvalue weighted by Crippen LogP contribution is -2.14. The van der Waals surface area contributed by atoms with Crippen LogP contribution in [0.15, 0.2) is 29.2 Å². The average Bonchev–Trinajstić information content (AvgIpc) is 2.70. The second kappa shape index (κ2) is 4.74. The van der Waals surface area contributed by atoms with Crippen molar-refractivity contribution in [1.82, 2.24) is 10.2 Å². The van der Waals surface area contributed by atoms with Gasteiger partial charge in [-0.15, -0.1) is 0 Å². The topological polar surface area (TPSA) is 98.6 Å². The molecule has 0 spiro atoms. The molecule has 0 saturated carbocycles. The van der Waals surface area contributed by atoms with Crippen molar-refractivity contribution in [2.45, 2.75) is 18.7 Å². The largest absolute Gasteiger partial charge is 0.280 e. The molecule has 0 radical (unpaired) electrons. The molecular weight excluding hydrogens is 264 g/mol. The van der Waals surface area contributed by atoms with Gasteiger partial charge in [0.1, 0.15) is 0 Å². The molecule has 98 valence electrons. The van der Waals surface area contributed by atoms with Crippen molar-refractivity contribution in [2.24, 2.45) is 0 Å². The van der Waals surface area contributed by atoms with Crippen molar-refractivity contribution in [2.75, 3.05) is 4.72 Å². The van der Waals surface area contributed by atoms with Crippen LogP contribution in [0.3, 0.4) is 0 Å². The zero-order chi connectivity index (χ0) is 14.0. The number of nitriles is 1. The predicted octanol–water partition coefficient (Wildman–Crippen LogP) is 1.70. The summed E-state index contributed by atoms with van der Waals surface area (Å²) in [5.41, 5.74) is 1.93. The highest BCUT2D eigenvalue weighted by Crippen LogP contribution is 2.21. The number of nitrogens with zero attached hydrogens (tertiary/aromatic N) is 2. The van der Waals surface area contributed by atoms with Crippen LogP contribution in [-0.2, 0) is 10.0 Å². The van der Waals surface area contributed by atoms with Gasteiger partial charge in [0.25, 0.3) is 10.0 Å². The molecule has 0 saturated heterocycles. The number of anilines is 1. The van der Waals surface area contributed by atoms with E-state index in [-0.39, 0.29) is 4.90 Å². The molecule has 7 heteroatoms. The molecule has 2 aromatic rings. The third-order valence-corrected chi connectivity index (χ3v) is 3.99. The highest BCUT2D eigenvalue weighted by molar-refractivity contribution is 7.92. The van der Waals surface area contributed by atoms with Gasteiger partial charge < -0.3 is 0 Å². The second-order valence-electron chi connectivity index (χ2n) is 4.05. The molecule has 0 amide bonds. The summed E-state index contributed by atoms with van der Waals surface area (Å²) >= 11 is 0. The van der Waals surface area contributed by atoms with Crippen LogP contribution in [0.25, 0.3) is 0 Å². The third-order valence-electron chi connectivity index (χ3n) is 2.64. The van der Waals surface area contributed by atoms with Crippen LogP contribution in [0, 0.1) is 25.2 Å². The number of benzene rings is 1. The predicted molar refractivity (Wildman–Crippen MR) is 70.0 cm³/mol. The highest BCUT2D eigenvalue weighted by Gasteiger charge is 2.18.